The lowest BCUT2D eigenvalue weighted by atomic mass is 10.1. The molecular weight excluding hydrogens is 491 g/mol. The molecule has 0 aliphatic carbocycles. The van der Waals surface area contributed by atoms with E-state index in [2.05, 4.69) is 63.8 Å². The molecule has 1 aliphatic heterocycles. The van der Waals surface area contributed by atoms with E-state index in [9.17, 15) is 0 Å². The molecule has 30 heavy (non-hydrogen) atoms. The van der Waals surface area contributed by atoms with Crippen LogP contribution >= 0.6 is 24.0 Å². The van der Waals surface area contributed by atoms with E-state index in [-0.39, 0.29) is 24.0 Å². The van der Waals surface area contributed by atoms with Gasteiger partial charge >= 0.3 is 0 Å². The first-order valence-electron chi connectivity index (χ1n) is 10.1. The van der Waals surface area contributed by atoms with Crippen LogP contribution < -0.4 is 20.1 Å². The van der Waals surface area contributed by atoms with Crippen molar-refractivity contribution >= 4 is 29.9 Å². The Kier molecular flexibility index (Phi) is 9.71. The lowest BCUT2D eigenvalue weighted by Gasteiger charge is -2.19. The Hall–Kier alpha value is -2.00. The number of ether oxygens (including phenoxy) is 2. The van der Waals surface area contributed by atoms with Crippen LogP contribution in [0.25, 0.3) is 0 Å². The Morgan fingerprint density at radius 1 is 1.10 bits per heavy atom. The Balaban J connectivity index is 0.00000320. The number of nitrogens with one attached hydrogen (secondary N) is 2. The van der Waals surface area contributed by atoms with Crippen LogP contribution in [0.3, 0.4) is 0 Å². The van der Waals surface area contributed by atoms with Crippen molar-refractivity contribution in [2.45, 2.75) is 32.5 Å². The molecule has 0 spiro atoms. The van der Waals surface area contributed by atoms with Gasteiger partial charge in [-0.05, 0) is 36.6 Å². The van der Waals surface area contributed by atoms with Gasteiger partial charge in [-0.25, -0.2) is 0 Å². The summed E-state index contributed by atoms with van der Waals surface area (Å²) in [6.45, 7) is 5.78. The number of hydrogen-bond acceptors (Lipinski definition) is 4. The zero-order chi connectivity index (χ0) is 20.6. The number of likely N-dealkylation sites (tertiary alicyclic amines) is 1. The average molecular weight is 524 g/mol. The first kappa shape index (κ1) is 24.3. The molecule has 1 fully saturated rings. The van der Waals surface area contributed by atoms with Crippen molar-refractivity contribution in [1.82, 2.24) is 15.5 Å². The number of guanidine groups is 1. The smallest absolute Gasteiger partial charge is 0.191 e. The van der Waals surface area contributed by atoms with Gasteiger partial charge in [-0.1, -0.05) is 29.8 Å². The SMILES string of the molecule is CN=C(NCc1cccc(C)c1)NC1CCN(Cc2cc(OC)cc(OC)c2)C1.I. The predicted molar refractivity (Wildman–Crippen MR) is 133 cm³/mol. The summed E-state index contributed by atoms with van der Waals surface area (Å²) >= 11 is 0. The van der Waals surface area contributed by atoms with Gasteiger partial charge in [-0.2, -0.15) is 0 Å². The number of halogens is 1. The van der Waals surface area contributed by atoms with E-state index in [1.807, 2.05) is 13.1 Å². The highest BCUT2D eigenvalue weighted by Gasteiger charge is 2.23. The lowest BCUT2D eigenvalue weighted by Crippen LogP contribution is -2.44. The molecule has 1 aliphatic rings. The third kappa shape index (κ3) is 7.05. The van der Waals surface area contributed by atoms with Gasteiger partial charge in [0.2, 0.25) is 0 Å². The Bertz CT molecular complexity index is 821. The van der Waals surface area contributed by atoms with Crippen molar-refractivity contribution in [2.75, 3.05) is 34.4 Å². The molecule has 0 amide bonds. The molecule has 1 heterocycles. The molecular formula is C23H33IN4O2. The highest BCUT2D eigenvalue weighted by Crippen LogP contribution is 2.24. The van der Waals surface area contributed by atoms with Crippen LogP contribution in [0.4, 0.5) is 0 Å². The zero-order valence-corrected chi connectivity index (χ0v) is 20.6. The van der Waals surface area contributed by atoms with Gasteiger partial charge < -0.3 is 20.1 Å². The van der Waals surface area contributed by atoms with E-state index < -0.39 is 0 Å². The van der Waals surface area contributed by atoms with E-state index in [1.165, 1.54) is 16.7 Å². The number of methoxy groups -OCH3 is 2. The minimum atomic E-state index is 0. The molecule has 0 saturated carbocycles. The first-order valence-corrected chi connectivity index (χ1v) is 10.1. The quantitative estimate of drug-likeness (QED) is 0.330. The highest BCUT2D eigenvalue weighted by molar-refractivity contribution is 14.0. The molecule has 7 heteroatoms. The Morgan fingerprint density at radius 3 is 2.47 bits per heavy atom. The number of aryl methyl sites for hydroxylation is 1. The molecule has 6 nitrogen and oxygen atoms in total. The maximum atomic E-state index is 5.39. The molecule has 0 bridgehead atoms. The summed E-state index contributed by atoms with van der Waals surface area (Å²) in [7, 11) is 5.19. The van der Waals surface area contributed by atoms with Gasteiger partial charge in [0.1, 0.15) is 11.5 Å². The van der Waals surface area contributed by atoms with Gasteiger partial charge in [0, 0.05) is 45.3 Å². The van der Waals surface area contributed by atoms with E-state index in [0.717, 1.165) is 50.1 Å². The fraction of sp³-hybridized carbons (Fsp3) is 0.435. The zero-order valence-electron chi connectivity index (χ0n) is 18.3. The summed E-state index contributed by atoms with van der Waals surface area (Å²) in [5.74, 6) is 2.50. The third-order valence-corrected chi connectivity index (χ3v) is 5.20. The minimum absolute atomic E-state index is 0. The van der Waals surface area contributed by atoms with E-state index >= 15 is 0 Å². The molecule has 1 atom stereocenters. The maximum Gasteiger partial charge on any atom is 0.191 e. The Labute approximate surface area is 197 Å². The third-order valence-electron chi connectivity index (χ3n) is 5.20. The number of hydrogen-bond donors (Lipinski definition) is 2. The number of nitrogens with zero attached hydrogens (tertiary/aromatic N) is 2. The van der Waals surface area contributed by atoms with Crippen molar-refractivity contribution in [3.63, 3.8) is 0 Å². The second kappa shape index (κ2) is 12.0. The molecule has 2 N–H and O–H groups in total. The first-order chi connectivity index (χ1) is 14.1. The molecule has 0 radical (unpaired) electrons. The molecule has 3 rings (SSSR count). The Morgan fingerprint density at radius 2 is 1.83 bits per heavy atom. The standard InChI is InChI=1S/C23H32N4O2.HI/c1-17-6-5-7-18(10-17)14-25-23(24-2)26-20-8-9-27(16-20)15-19-11-21(28-3)13-22(12-19)29-4;/h5-7,10-13,20H,8-9,14-16H2,1-4H3,(H2,24,25,26);1H. The highest BCUT2D eigenvalue weighted by atomic mass is 127. The molecule has 2 aromatic carbocycles. The van der Waals surface area contributed by atoms with E-state index in [1.54, 1.807) is 14.2 Å². The van der Waals surface area contributed by atoms with Crippen LogP contribution in [0.1, 0.15) is 23.1 Å². The van der Waals surface area contributed by atoms with Crippen LogP contribution in [0.2, 0.25) is 0 Å². The number of rotatable bonds is 7. The summed E-state index contributed by atoms with van der Waals surface area (Å²) < 4.78 is 10.8. The average Bonchev–Trinajstić information content (AvgIpc) is 3.17. The van der Waals surface area contributed by atoms with Crippen LogP contribution in [0.15, 0.2) is 47.5 Å². The molecule has 1 unspecified atom stereocenters. The molecule has 0 aromatic heterocycles. The van der Waals surface area contributed by atoms with Crippen molar-refractivity contribution in [3.8, 4) is 11.5 Å². The lowest BCUT2D eigenvalue weighted by molar-refractivity contribution is 0.321. The van der Waals surface area contributed by atoms with Crippen molar-refractivity contribution in [2.24, 2.45) is 4.99 Å². The minimum Gasteiger partial charge on any atom is -0.497 e. The summed E-state index contributed by atoms with van der Waals surface area (Å²) in [6.07, 6.45) is 1.09. The van der Waals surface area contributed by atoms with Crippen LogP contribution in [0.5, 0.6) is 11.5 Å². The van der Waals surface area contributed by atoms with Crippen molar-refractivity contribution in [3.05, 3.63) is 59.2 Å². The van der Waals surface area contributed by atoms with Crippen LogP contribution in [-0.2, 0) is 13.1 Å². The molecule has 2 aromatic rings. The summed E-state index contributed by atoms with van der Waals surface area (Å²) in [5.41, 5.74) is 3.73. The fourth-order valence-electron chi connectivity index (χ4n) is 3.71. The predicted octanol–water partition coefficient (Wildman–Crippen LogP) is 3.57. The van der Waals surface area contributed by atoms with Crippen molar-refractivity contribution < 1.29 is 9.47 Å². The molecule has 1 saturated heterocycles. The van der Waals surface area contributed by atoms with E-state index in [0.29, 0.717) is 6.04 Å². The van der Waals surface area contributed by atoms with Gasteiger partial charge in [0.15, 0.2) is 5.96 Å². The van der Waals surface area contributed by atoms with Gasteiger partial charge in [-0.15, -0.1) is 24.0 Å². The largest absolute Gasteiger partial charge is 0.497 e. The summed E-state index contributed by atoms with van der Waals surface area (Å²) in [5, 5.41) is 6.98. The van der Waals surface area contributed by atoms with Crippen molar-refractivity contribution in [1.29, 1.82) is 0 Å². The van der Waals surface area contributed by atoms with Crippen LogP contribution in [0, 0.1) is 6.92 Å². The topological polar surface area (TPSA) is 58.1 Å². The fourth-order valence-corrected chi connectivity index (χ4v) is 3.71. The number of benzene rings is 2. The van der Waals surface area contributed by atoms with Crippen LogP contribution in [-0.4, -0.2) is 51.3 Å². The van der Waals surface area contributed by atoms with E-state index in [4.69, 9.17) is 9.47 Å². The second-order valence-corrected chi connectivity index (χ2v) is 7.50. The summed E-state index contributed by atoms with van der Waals surface area (Å²) in [6, 6.07) is 15.0. The van der Waals surface area contributed by atoms with Gasteiger partial charge in [0.05, 0.1) is 14.2 Å². The van der Waals surface area contributed by atoms with Gasteiger partial charge in [0.25, 0.3) is 0 Å². The molecule has 164 valence electrons. The van der Waals surface area contributed by atoms with Gasteiger partial charge in [-0.3, -0.25) is 9.89 Å². The monoisotopic (exact) mass is 524 g/mol. The normalized spacial score (nSPS) is 16.7. The number of aliphatic imine (C=N–C) groups is 1. The summed E-state index contributed by atoms with van der Waals surface area (Å²) in [4.78, 5) is 6.83. The second-order valence-electron chi connectivity index (χ2n) is 7.50. The maximum absolute atomic E-state index is 5.39.